The predicted octanol–water partition coefficient (Wildman–Crippen LogP) is 1.50. The van der Waals surface area contributed by atoms with Crippen LogP contribution in [-0.4, -0.2) is 16.2 Å². The van der Waals surface area contributed by atoms with Gasteiger partial charge in [-0.3, -0.25) is 0 Å². The average Bonchev–Trinajstić information content (AvgIpc) is 2.79. The maximum Gasteiger partial charge on any atom is 0.181 e. The molecular weight excluding hydrogens is 180 g/mol. The van der Waals surface area contributed by atoms with E-state index in [-0.39, 0.29) is 6.10 Å². The quantitative estimate of drug-likeness (QED) is 0.681. The van der Waals surface area contributed by atoms with Crippen molar-refractivity contribution in [3.8, 4) is 6.07 Å². The summed E-state index contributed by atoms with van der Waals surface area (Å²) in [4.78, 5) is 3.77. The van der Waals surface area contributed by atoms with Crippen LogP contribution in [0, 0.1) is 11.3 Å². The van der Waals surface area contributed by atoms with Gasteiger partial charge in [0.25, 0.3) is 0 Å². The monoisotopic (exact) mass is 190 g/mol. The summed E-state index contributed by atoms with van der Waals surface area (Å²) < 4.78 is 5.06. The molecule has 0 spiro atoms. The van der Waals surface area contributed by atoms with E-state index >= 15 is 0 Å². The van der Waals surface area contributed by atoms with Crippen molar-refractivity contribution in [1.82, 2.24) is 4.98 Å². The Hall–Kier alpha value is -1.60. The van der Waals surface area contributed by atoms with Crippen molar-refractivity contribution in [3.63, 3.8) is 0 Å². The second-order valence-electron chi connectivity index (χ2n) is 3.35. The molecule has 1 aliphatic rings. The third-order valence-corrected chi connectivity index (χ3v) is 2.41. The van der Waals surface area contributed by atoms with Crippen LogP contribution in [0.15, 0.2) is 22.6 Å². The summed E-state index contributed by atoms with van der Waals surface area (Å²) in [5.41, 5.74) is 1.50. The first-order valence-electron chi connectivity index (χ1n) is 4.50. The molecule has 1 unspecified atom stereocenters. The number of nitrogens with zero attached hydrogens (tertiary/aromatic N) is 2. The van der Waals surface area contributed by atoms with Gasteiger partial charge in [-0.1, -0.05) is 0 Å². The van der Waals surface area contributed by atoms with Crippen molar-refractivity contribution < 1.29 is 9.52 Å². The second kappa shape index (κ2) is 3.64. The fraction of sp³-hybridized carbons (Fsp3) is 0.400. The molecule has 1 aliphatic carbocycles. The van der Waals surface area contributed by atoms with Crippen LogP contribution in [0.3, 0.4) is 0 Å². The van der Waals surface area contributed by atoms with Gasteiger partial charge in [0.05, 0.1) is 17.9 Å². The molecule has 1 saturated carbocycles. The SMILES string of the molecule is N#C/C(=C1/CCC(O)C1)c1cnco1. The minimum absolute atomic E-state index is 0.309. The first-order chi connectivity index (χ1) is 6.81. The van der Waals surface area contributed by atoms with Gasteiger partial charge in [-0.15, -0.1) is 0 Å². The van der Waals surface area contributed by atoms with Crippen molar-refractivity contribution in [3.05, 3.63) is 23.9 Å². The molecular formula is C10H10N2O2. The van der Waals surface area contributed by atoms with E-state index in [4.69, 9.17) is 9.68 Å². The second-order valence-corrected chi connectivity index (χ2v) is 3.35. The van der Waals surface area contributed by atoms with Crippen molar-refractivity contribution in [1.29, 1.82) is 5.26 Å². The number of hydrogen-bond donors (Lipinski definition) is 1. The van der Waals surface area contributed by atoms with Gasteiger partial charge >= 0.3 is 0 Å². The summed E-state index contributed by atoms with van der Waals surface area (Å²) in [7, 11) is 0. The van der Waals surface area contributed by atoms with Gasteiger partial charge in [0.1, 0.15) is 6.07 Å². The van der Waals surface area contributed by atoms with E-state index in [0.29, 0.717) is 17.8 Å². The molecule has 4 nitrogen and oxygen atoms in total. The zero-order valence-corrected chi connectivity index (χ0v) is 7.60. The van der Waals surface area contributed by atoms with Gasteiger partial charge in [-0.2, -0.15) is 5.26 Å². The fourth-order valence-corrected chi connectivity index (χ4v) is 1.70. The summed E-state index contributed by atoms with van der Waals surface area (Å²) in [6.45, 7) is 0. The Morgan fingerprint density at radius 1 is 1.71 bits per heavy atom. The van der Waals surface area contributed by atoms with E-state index < -0.39 is 0 Å². The molecule has 0 amide bonds. The van der Waals surface area contributed by atoms with Crippen LogP contribution in [0.5, 0.6) is 0 Å². The van der Waals surface area contributed by atoms with Crippen LogP contribution in [0.25, 0.3) is 5.57 Å². The van der Waals surface area contributed by atoms with E-state index in [2.05, 4.69) is 11.1 Å². The van der Waals surface area contributed by atoms with Crippen LogP contribution in [0.4, 0.5) is 0 Å². The number of aliphatic hydroxyl groups is 1. The Kier molecular flexibility index (Phi) is 2.33. The van der Waals surface area contributed by atoms with E-state index in [1.54, 1.807) is 0 Å². The number of hydrogen-bond acceptors (Lipinski definition) is 4. The van der Waals surface area contributed by atoms with E-state index in [1.807, 2.05) is 0 Å². The number of allylic oxidation sites excluding steroid dienone is 1. The maximum atomic E-state index is 9.35. The number of aromatic nitrogens is 1. The normalized spacial score (nSPS) is 24.7. The standard InChI is InChI=1S/C10H10N2O2/c11-4-9(10-5-12-6-14-10)7-1-2-8(13)3-7/h5-6,8,13H,1-3H2/b9-7+. The van der Waals surface area contributed by atoms with Gasteiger partial charge in [0, 0.05) is 0 Å². The average molecular weight is 190 g/mol. The van der Waals surface area contributed by atoms with Crippen LogP contribution < -0.4 is 0 Å². The van der Waals surface area contributed by atoms with Crippen molar-refractivity contribution >= 4 is 5.57 Å². The Morgan fingerprint density at radius 2 is 2.57 bits per heavy atom. The summed E-state index contributed by atoms with van der Waals surface area (Å²) in [6, 6.07) is 2.10. The lowest BCUT2D eigenvalue weighted by Gasteiger charge is -1.99. The lowest BCUT2D eigenvalue weighted by Crippen LogP contribution is -1.96. The van der Waals surface area contributed by atoms with Gasteiger partial charge in [0.2, 0.25) is 0 Å². The Bertz CT molecular complexity index is 387. The smallest absolute Gasteiger partial charge is 0.181 e. The van der Waals surface area contributed by atoms with Crippen molar-refractivity contribution in [2.45, 2.75) is 25.4 Å². The predicted molar refractivity (Wildman–Crippen MR) is 48.9 cm³/mol. The summed E-state index contributed by atoms with van der Waals surface area (Å²) in [5, 5.41) is 18.3. The molecule has 0 aliphatic heterocycles. The largest absolute Gasteiger partial charge is 0.443 e. The lowest BCUT2D eigenvalue weighted by atomic mass is 10.1. The molecule has 1 heterocycles. The third kappa shape index (κ3) is 1.54. The zero-order valence-electron chi connectivity index (χ0n) is 7.60. The zero-order chi connectivity index (χ0) is 9.97. The molecule has 0 radical (unpaired) electrons. The molecule has 1 aromatic rings. The molecule has 4 heteroatoms. The van der Waals surface area contributed by atoms with Crippen molar-refractivity contribution in [2.75, 3.05) is 0 Å². The van der Waals surface area contributed by atoms with Gasteiger partial charge in [-0.25, -0.2) is 4.98 Å². The highest BCUT2D eigenvalue weighted by atomic mass is 16.3. The number of nitriles is 1. The summed E-state index contributed by atoms with van der Waals surface area (Å²) in [6.07, 6.45) is 4.59. The molecule has 14 heavy (non-hydrogen) atoms. The molecule has 0 bridgehead atoms. The number of oxazole rings is 1. The minimum Gasteiger partial charge on any atom is -0.443 e. The van der Waals surface area contributed by atoms with Gasteiger partial charge in [0.15, 0.2) is 12.2 Å². The molecule has 1 N–H and O–H groups in total. The molecule has 2 rings (SSSR count). The highest BCUT2D eigenvalue weighted by Gasteiger charge is 2.21. The molecule has 1 atom stereocenters. The minimum atomic E-state index is -0.309. The van der Waals surface area contributed by atoms with Crippen molar-refractivity contribution in [2.24, 2.45) is 0 Å². The Morgan fingerprint density at radius 3 is 3.07 bits per heavy atom. The topological polar surface area (TPSA) is 70.0 Å². The van der Waals surface area contributed by atoms with Crippen LogP contribution in [0.2, 0.25) is 0 Å². The fourth-order valence-electron chi connectivity index (χ4n) is 1.70. The summed E-state index contributed by atoms with van der Waals surface area (Å²) >= 11 is 0. The van der Waals surface area contributed by atoms with Gasteiger partial charge < -0.3 is 9.52 Å². The molecule has 72 valence electrons. The first-order valence-corrected chi connectivity index (χ1v) is 4.50. The van der Waals surface area contributed by atoms with Crippen LogP contribution >= 0.6 is 0 Å². The van der Waals surface area contributed by atoms with Gasteiger partial charge in [-0.05, 0) is 24.8 Å². The lowest BCUT2D eigenvalue weighted by molar-refractivity contribution is 0.186. The number of rotatable bonds is 1. The maximum absolute atomic E-state index is 9.35. The molecule has 1 aromatic heterocycles. The van der Waals surface area contributed by atoms with Crippen LogP contribution in [-0.2, 0) is 0 Å². The Balaban J connectivity index is 2.35. The summed E-state index contributed by atoms with van der Waals surface area (Å²) in [5.74, 6) is 0.497. The Labute approximate surface area is 81.5 Å². The highest BCUT2D eigenvalue weighted by Crippen LogP contribution is 2.31. The molecule has 0 aromatic carbocycles. The molecule has 1 fully saturated rings. The highest BCUT2D eigenvalue weighted by molar-refractivity contribution is 5.76. The van der Waals surface area contributed by atoms with Crippen LogP contribution in [0.1, 0.15) is 25.0 Å². The molecule has 0 saturated heterocycles. The van der Waals surface area contributed by atoms with E-state index in [0.717, 1.165) is 18.4 Å². The first kappa shape index (κ1) is 8.97. The number of aliphatic hydroxyl groups excluding tert-OH is 1. The third-order valence-electron chi connectivity index (χ3n) is 2.41. The van der Waals surface area contributed by atoms with E-state index in [9.17, 15) is 5.11 Å². The van der Waals surface area contributed by atoms with E-state index in [1.165, 1.54) is 12.6 Å².